The summed E-state index contributed by atoms with van der Waals surface area (Å²) in [4.78, 5) is 8.17. The van der Waals surface area contributed by atoms with Crippen LogP contribution in [0.3, 0.4) is 0 Å². The molecule has 2 heterocycles. The Labute approximate surface area is 148 Å². The van der Waals surface area contributed by atoms with E-state index in [2.05, 4.69) is 42.2 Å². The summed E-state index contributed by atoms with van der Waals surface area (Å²) in [6.07, 6.45) is 3.08. The molecule has 0 radical (unpaired) electrons. The number of H-pyrrole nitrogens is 1. The number of hydrogen-bond acceptors (Lipinski definition) is 2. The van der Waals surface area contributed by atoms with Crippen LogP contribution in [0.5, 0.6) is 5.75 Å². The van der Waals surface area contributed by atoms with Gasteiger partial charge < -0.3 is 9.72 Å². The van der Waals surface area contributed by atoms with Crippen molar-refractivity contribution in [1.29, 1.82) is 0 Å². The minimum atomic E-state index is 0.853. The molecule has 0 aliphatic heterocycles. The molecule has 0 aliphatic rings. The number of aromatic nitrogens is 2. The molecule has 0 saturated heterocycles. The molecule has 128 valence electrons. The normalized spacial score (nSPS) is 10.6. The van der Waals surface area contributed by atoms with E-state index in [0.29, 0.717) is 0 Å². The highest BCUT2D eigenvalue weighted by Crippen LogP contribution is 2.30. The second-order valence-electron chi connectivity index (χ2n) is 5.69. The van der Waals surface area contributed by atoms with Crippen LogP contribution in [0.25, 0.3) is 33.1 Å². The number of ether oxygens (including phenoxy) is 1. The van der Waals surface area contributed by atoms with Crippen LogP contribution < -0.4 is 4.74 Å². The van der Waals surface area contributed by atoms with Gasteiger partial charge in [0.2, 0.25) is 0 Å². The minimum absolute atomic E-state index is 0.853. The Morgan fingerprint density at radius 1 is 1.00 bits per heavy atom. The van der Waals surface area contributed by atoms with Gasteiger partial charge in [0.15, 0.2) is 0 Å². The van der Waals surface area contributed by atoms with E-state index in [-0.39, 0.29) is 0 Å². The molecule has 2 aromatic heterocycles. The van der Waals surface area contributed by atoms with Gasteiger partial charge in [-0.1, -0.05) is 32.9 Å². The molecule has 3 nitrogen and oxygen atoms in total. The molecule has 0 amide bonds. The third-order valence-electron chi connectivity index (χ3n) is 4.33. The number of pyridine rings is 1. The van der Waals surface area contributed by atoms with E-state index in [1.54, 1.807) is 7.11 Å². The molecule has 4 aromatic rings. The molecule has 2 aromatic carbocycles. The zero-order valence-electron chi connectivity index (χ0n) is 15.3. The Hall–Kier alpha value is -2.81. The van der Waals surface area contributed by atoms with Crippen LogP contribution in [0.2, 0.25) is 0 Å². The third kappa shape index (κ3) is 3.22. The van der Waals surface area contributed by atoms with E-state index in [1.807, 2.05) is 38.2 Å². The number of benzene rings is 2. The lowest BCUT2D eigenvalue weighted by molar-refractivity contribution is 0.415. The quantitative estimate of drug-likeness (QED) is 0.501. The van der Waals surface area contributed by atoms with E-state index in [4.69, 9.17) is 9.72 Å². The SMILES string of the molecule is CC.CCc1ccc2[nH]cc(-c3ccc4cc(OC)ccc4n3)c2c1. The zero-order valence-corrected chi connectivity index (χ0v) is 15.3. The smallest absolute Gasteiger partial charge is 0.119 e. The fourth-order valence-corrected chi connectivity index (χ4v) is 2.98. The summed E-state index contributed by atoms with van der Waals surface area (Å²) < 4.78 is 5.28. The lowest BCUT2D eigenvalue weighted by Crippen LogP contribution is -1.87. The van der Waals surface area contributed by atoms with Gasteiger partial charge in [0, 0.05) is 28.0 Å². The first-order valence-corrected chi connectivity index (χ1v) is 8.83. The largest absolute Gasteiger partial charge is 0.497 e. The molecule has 0 aliphatic carbocycles. The van der Waals surface area contributed by atoms with Gasteiger partial charge in [-0.05, 0) is 48.4 Å². The Kier molecular flexibility index (Phi) is 5.03. The topological polar surface area (TPSA) is 37.9 Å². The number of aromatic amines is 1. The lowest BCUT2D eigenvalue weighted by Gasteiger charge is -2.05. The van der Waals surface area contributed by atoms with E-state index in [9.17, 15) is 0 Å². The molecular formula is C22H24N2O. The average molecular weight is 332 g/mol. The predicted molar refractivity (Wildman–Crippen MR) is 106 cm³/mol. The van der Waals surface area contributed by atoms with Crippen molar-refractivity contribution >= 4 is 21.8 Å². The number of nitrogens with one attached hydrogen (secondary N) is 1. The van der Waals surface area contributed by atoms with Crippen molar-refractivity contribution in [3.05, 3.63) is 60.3 Å². The highest BCUT2D eigenvalue weighted by atomic mass is 16.5. The number of rotatable bonds is 3. The summed E-state index contributed by atoms with van der Waals surface area (Å²) in [7, 11) is 1.68. The molecule has 4 rings (SSSR count). The predicted octanol–water partition coefficient (Wildman–Crippen LogP) is 5.98. The highest BCUT2D eigenvalue weighted by molar-refractivity contribution is 5.96. The molecule has 0 bridgehead atoms. The maximum atomic E-state index is 5.28. The van der Waals surface area contributed by atoms with Crippen LogP contribution in [0.4, 0.5) is 0 Å². The van der Waals surface area contributed by atoms with Gasteiger partial charge in [-0.25, -0.2) is 4.98 Å². The van der Waals surface area contributed by atoms with Crippen LogP contribution in [0.1, 0.15) is 26.3 Å². The first kappa shape index (κ1) is 17.0. The highest BCUT2D eigenvalue weighted by Gasteiger charge is 2.09. The number of hydrogen-bond donors (Lipinski definition) is 1. The van der Waals surface area contributed by atoms with Crippen molar-refractivity contribution in [2.24, 2.45) is 0 Å². The Morgan fingerprint density at radius 2 is 1.84 bits per heavy atom. The first-order chi connectivity index (χ1) is 12.3. The van der Waals surface area contributed by atoms with Gasteiger partial charge in [-0.2, -0.15) is 0 Å². The maximum Gasteiger partial charge on any atom is 0.119 e. The molecule has 0 fully saturated rings. The Morgan fingerprint density at radius 3 is 2.60 bits per heavy atom. The van der Waals surface area contributed by atoms with Gasteiger partial charge in [0.25, 0.3) is 0 Å². The summed E-state index contributed by atoms with van der Waals surface area (Å²) in [6.45, 7) is 6.18. The van der Waals surface area contributed by atoms with Crippen molar-refractivity contribution in [1.82, 2.24) is 9.97 Å². The first-order valence-electron chi connectivity index (χ1n) is 8.83. The maximum absolute atomic E-state index is 5.28. The molecule has 0 saturated carbocycles. The summed E-state index contributed by atoms with van der Waals surface area (Å²) in [6, 6.07) is 16.7. The monoisotopic (exact) mass is 332 g/mol. The number of fused-ring (bicyclic) bond motifs is 2. The molecule has 0 atom stereocenters. The Bertz CT molecular complexity index is 1000. The molecule has 25 heavy (non-hydrogen) atoms. The molecule has 3 heteroatoms. The van der Waals surface area contributed by atoms with Crippen LogP contribution in [-0.2, 0) is 6.42 Å². The molecule has 0 spiro atoms. The van der Waals surface area contributed by atoms with E-state index in [0.717, 1.165) is 39.8 Å². The van der Waals surface area contributed by atoms with Crippen LogP contribution >= 0.6 is 0 Å². The van der Waals surface area contributed by atoms with Gasteiger partial charge in [0.05, 0.1) is 18.3 Å². The number of nitrogens with zero attached hydrogens (tertiary/aromatic N) is 1. The lowest BCUT2D eigenvalue weighted by atomic mass is 10.0. The minimum Gasteiger partial charge on any atom is -0.497 e. The van der Waals surface area contributed by atoms with E-state index >= 15 is 0 Å². The van der Waals surface area contributed by atoms with Gasteiger partial charge >= 0.3 is 0 Å². The number of methoxy groups -OCH3 is 1. The van der Waals surface area contributed by atoms with Gasteiger partial charge in [-0.3, -0.25) is 0 Å². The van der Waals surface area contributed by atoms with Crippen molar-refractivity contribution in [2.45, 2.75) is 27.2 Å². The van der Waals surface area contributed by atoms with Gasteiger partial charge in [0.1, 0.15) is 5.75 Å². The molecular weight excluding hydrogens is 308 g/mol. The van der Waals surface area contributed by atoms with Crippen LogP contribution in [0.15, 0.2) is 54.7 Å². The zero-order chi connectivity index (χ0) is 17.8. The Balaban J connectivity index is 0.000000880. The van der Waals surface area contributed by atoms with Gasteiger partial charge in [-0.15, -0.1) is 0 Å². The van der Waals surface area contributed by atoms with Crippen molar-refractivity contribution in [2.75, 3.05) is 7.11 Å². The average Bonchev–Trinajstić information content (AvgIpc) is 3.11. The number of aryl methyl sites for hydroxylation is 1. The standard InChI is InChI=1S/C20H18N2O.C2H6/c1-3-13-4-7-19-16(10-13)17(12-21-19)20-8-5-14-11-15(23-2)6-9-18(14)22-20;1-2/h4-12,21H,3H2,1-2H3;1-2H3. The fourth-order valence-electron chi connectivity index (χ4n) is 2.98. The fraction of sp³-hybridized carbons (Fsp3) is 0.227. The van der Waals surface area contributed by atoms with Crippen LogP contribution in [0, 0.1) is 0 Å². The summed E-state index contributed by atoms with van der Waals surface area (Å²) >= 11 is 0. The third-order valence-corrected chi connectivity index (χ3v) is 4.33. The second kappa shape index (κ2) is 7.39. The van der Waals surface area contributed by atoms with E-state index in [1.165, 1.54) is 10.9 Å². The summed E-state index contributed by atoms with van der Waals surface area (Å²) in [5, 5.41) is 2.31. The summed E-state index contributed by atoms with van der Waals surface area (Å²) in [5.74, 6) is 0.853. The van der Waals surface area contributed by atoms with E-state index < -0.39 is 0 Å². The molecule has 0 unspecified atom stereocenters. The molecule has 1 N–H and O–H groups in total. The second-order valence-corrected chi connectivity index (χ2v) is 5.69. The van der Waals surface area contributed by atoms with Crippen LogP contribution in [-0.4, -0.2) is 17.1 Å². The van der Waals surface area contributed by atoms with Crippen molar-refractivity contribution < 1.29 is 4.74 Å². The van der Waals surface area contributed by atoms with Crippen molar-refractivity contribution in [3.8, 4) is 17.0 Å². The summed E-state index contributed by atoms with van der Waals surface area (Å²) in [5.41, 5.74) is 5.59. The van der Waals surface area contributed by atoms with Crippen molar-refractivity contribution in [3.63, 3.8) is 0 Å².